The van der Waals surface area contributed by atoms with Crippen LogP contribution < -0.4 is 10.2 Å². The number of esters is 1. The van der Waals surface area contributed by atoms with Crippen molar-refractivity contribution in [2.45, 2.75) is 24.8 Å². The topological polar surface area (TPSA) is 92.8 Å². The van der Waals surface area contributed by atoms with Crippen LogP contribution in [0.5, 0.6) is 0 Å². The number of fused-ring (bicyclic) bond motifs is 1. The monoisotopic (exact) mass is 412 g/mol. The van der Waals surface area contributed by atoms with Gasteiger partial charge in [0.25, 0.3) is 5.91 Å². The van der Waals surface area contributed by atoms with E-state index in [0.29, 0.717) is 16.9 Å². The summed E-state index contributed by atoms with van der Waals surface area (Å²) >= 11 is 1.42. The van der Waals surface area contributed by atoms with E-state index in [0.717, 1.165) is 4.90 Å². The van der Waals surface area contributed by atoms with Crippen LogP contribution in [0.15, 0.2) is 53.4 Å². The van der Waals surface area contributed by atoms with E-state index in [1.54, 1.807) is 36.4 Å². The molecule has 0 radical (unpaired) electrons. The first-order valence-electron chi connectivity index (χ1n) is 8.98. The SMILES string of the molecule is CC(=O)c1ccc(NC(=O)[C@H](C)OC(=O)CN2C(=O)CSc3ccccc32)cc1. The average molecular weight is 412 g/mol. The van der Waals surface area contributed by atoms with Gasteiger partial charge in [-0.2, -0.15) is 0 Å². The fraction of sp³-hybridized carbons (Fsp3) is 0.238. The van der Waals surface area contributed by atoms with Crippen molar-refractivity contribution in [2.75, 3.05) is 22.5 Å². The van der Waals surface area contributed by atoms with Crippen molar-refractivity contribution in [3.05, 3.63) is 54.1 Å². The maximum absolute atomic E-state index is 12.3. The Balaban J connectivity index is 1.58. The highest BCUT2D eigenvalue weighted by atomic mass is 32.2. The van der Waals surface area contributed by atoms with Gasteiger partial charge in [0, 0.05) is 16.1 Å². The van der Waals surface area contributed by atoms with Gasteiger partial charge >= 0.3 is 5.97 Å². The van der Waals surface area contributed by atoms with E-state index in [9.17, 15) is 19.2 Å². The predicted molar refractivity (Wildman–Crippen MR) is 110 cm³/mol. The molecule has 1 atom stereocenters. The standard InChI is InChI=1S/C21H20N2O5S/c1-13(24)15-7-9-16(10-8-15)22-21(27)14(2)28-20(26)11-23-17-5-3-4-6-18(17)29-12-19(23)25/h3-10,14H,11-12H2,1-2H3,(H,22,27)/t14-/m0/s1. The van der Waals surface area contributed by atoms with Crippen molar-refractivity contribution in [1.29, 1.82) is 0 Å². The molecule has 0 spiro atoms. The molecule has 150 valence electrons. The summed E-state index contributed by atoms with van der Waals surface area (Å²) in [6.45, 7) is 2.65. The molecule has 8 heteroatoms. The molecule has 1 aliphatic rings. The highest BCUT2D eigenvalue weighted by molar-refractivity contribution is 8.00. The van der Waals surface area contributed by atoms with Gasteiger partial charge in [0.05, 0.1) is 11.4 Å². The maximum atomic E-state index is 12.3. The number of anilines is 2. The summed E-state index contributed by atoms with van der Waals surface area (Å²) in [6, 6.07) is 13.7. The molecule has 3 rings (SSSR count). The van der Waals surface area contributed by atoms with Crippen molar-refractivity contribution in [3.8, 4) is 0 Å². The Morgan fingerprint density at radius 3 is 2.52 bits per heavy atom. The first-order chi connectivity index (χ1) is 13.8. The predicted octanol–water partition coefficient (Wildman–Crippen LogP) is 2.90. The number of carbonyl (C=O) groups is 4. The van der Waals surface area contributed by atoms with Gasteiger partial charge in [-0.1, -0.05) is 12.1 Å². The summed E-state index contributed by atoms with van der Waals surface area (Å²) in [5, 5.41) is 2.63. The number of nitrogens with zero attached hydrogens (tertiary/aromatic N) is 1. The summed E-state index contributed by atoms with van der Waals surface area (Å²) in [4.78, 5) is 50.4. The van der Waals surface area contributed by atoms with Gasteiger partial charge in [-0.15, -0.1) is 11.8 Å². The van der Waals surface area contributed by atoms with E-state index >= 15 is 0 Å². The lowest BCUT2D eigenvalue weighted by atomic mass is 10.1. The maximum Gasteiger partial charge on any atom is 0.326 e. The Hall–Kier alpha value is -3.13. The molecule has 0 saturated carbocycles. The average Bonchev–Trinajstić information content (AvgIpc) is 2.70. The molecule has 2 aromatic rings. The lowest BCUT2D eigenvalue weighted by Gasteiger charge is -2.28. The first kappa shape index (κ1) is 20.6. The van der Waals surface area contributed by atoms with Crippen molar-refractivity contribution >= 4 is 46.7 Å². The molecule has 29 heavy (non-hydrogen) atoms. The van der Waals surface area contributed by atoms with Crippen LogP contribution in [-0.4, -0.2) is 42.0 Å². The van der Waals surface area contributed by atoms with E-state index in [2.05, 4.69) is 5.32 Å². The number of ether oxygens (including phenoxy) is 1. The van der Waals surface area contributed by atoms with Gasteiger partial charge < -0.3 is 10.1 Å². The second-order valence-electron chi connectivity index (χ2n) is 6.49. The number of benzene rings is 2. The summed E-state index contributed by atoms with van der Waals surface area (Å²) < 4.78 is 5.21. The van der Waals surface area contributed by atoms with E-state index in [4.69, 9.17) is 4.74 Å². The lowest BCUT2D eigenvalue weighted by molar-refractivity contribution is -0.152. The van der Waals surface area contributed by atoms with Crippen molar-refractivity contribution in [3.63, 3.8) is 0 Å². The molecule has 0 fully saturated rings. The number of amides is 2. The normalized spacial score (nSPS) is 14.0. The summed E-state index contributed by atoms with van der Waals surface area (Å²) in [7, 11) is 0. The fourth-order valence-electron chi connectivity index (χ4n) is 2.78. The minimum absolute atomic E-state index is 0.0718. The van der Waals surface area contributed by atoms with Gasteiger partial charge in [0.1, 0.15) is 6.54 Å². The van der Waals surface area contributed by atoms with Crippen LogP contribution in [0.1, 0.15) is 24.2 Å². The third kappa shape index (κ3) is 5.03. The quantitative estimate of drug-likeness (QED) is 0.579. The number of hydrogen-bond acceptors (Lipinski definition) is 6. The molecule has 1 aliphatic heterocycles. The molecule has 1 heterocycles. The molecule has 2 aromatic carbocycles. The van der Waals surface area contributed by atoms with Crippen molar-refractivity contribution in [1.82, 2.24) is 0 Å². The fourth-order valence-corrected chi connectivity index (χ4v) is 3.71. The molecule has 0 bridgehead atoms. The summed E-state index contributed by atoms with van der Waals surface area (Å²) in [5.74, 6) is -1.19. The van der Waals surface area contributed by atoms with E-state index in [-0.39, 0.29) is 24.0 Å². The zero-order valence-electron chi connectivity index (χ0n) is 16.0. The molecule has 0 saturated heterocycles. The van der Waals surface area contributed by atoms with Gasteiger partial charge in [0.15, 0.2) is 11.9 Å². The van der Waals surface area contributed by atoms with Gasteiger partial charge in [0.2, 0.25) is 5.91 Å². The Morgan fingerprint density at radius 1 is 1.14 bits per heavy atom. The van der Waals surface area contributed by atoms with Crippen molar-refractivity contribution < 1.29 is 23.9 Å². The first-order valence-corrected chi connectivity index (χ1v) is 9.97. The zero-order chi connectivity index (χ0) is 21.0. The van der Waals surface area contributed by atoms with E-state index in [1.807, 2.05) is 12.1 Å². The molecule has 1 N–H and O–H groups in total. The minimum Gasteiger partial charge on any atom is -0.451 e. The third-order valence-electron chi connectivity index (χ3n) is 4.33. The molecule has 2 amide bonds. The van der Waals surface area contributed by atoms with Crippen LogP contribution in [0.4, 0.5) is 11.4 Å². The molecule has 7 nitrogen and oxygen atoms in total. The molecule has 0 aromatic heterocycles. The Morgan fingerprint density at radius 2 is 1.83 bits per heavy atom. The Labute approximate surface area is 172 Å². The van der Waals surface area contributed by atoms with Crippen LogP contribution in [0, 0.1) is 0 Å². The lowest BCUT2D eigenvalue weighted by Crippen LogP contribution is -2.41. The number of rotatable bonds is 6. The highest BCUT2D eigenvalue weighted by Gasteiger charge is 2.28. The summed E-state index contributed by atoms with van der Waals surface area (Å²) in [6.07, 6.45) is -1.04. The highest BCUT2D eigenvalue weighted by Crippen LogP contribution is 2.34. The minimum atomic E-state index is -1.04. The van der Waals surface area contributed by atoms with E-state index in [1.165, 1.54) is 30.5 Å². The molecular weight excluding hydrogens is 392 g/mol. The summed E-state index contributed by atoms with van der Waals surface area (Å²) in [5.41, 5.74) is 1.68. The number of carbonyl (C=O) groups excluding carboxylic acids is 4. The second-order valence-corrected chi connectivity index (χ2v) is 7.51. The van der Waals surface area contributed by atoms with Crippen LogP contribution >= 0.6 is 11.8 Å². The Kier molecular flexibility index (Phi) is 6.33. The Bertz CT molecular complexity index is 958. The van der Waals surface area contributed by atoms with E-state index < -0.39 is 18.0 Å². The largest absolute Gasteiger partial charge is 0.451 e. The molecule has 0 aliphatic carbocycles. The van der Waals surface area contributed by atoms with Crippen LogP contribution in [0.25, 0.3) is 0 Å². The smallest absolute Gasteiger partial charge is 0.326 e. The molecular formula is C21H20N2O5S. The van der Waals surface area contributed by atoms with Crippen LogP contribution in [-0.2, 0) is 19.1 Å². The number of nitrogens with one attached hydrogen (secondary N) is 1. The number of para-hydroxylation sites is 1. The zero-order valence-corrected chi connectivity index (χ0v) is 16.8. The van der Waals surface area contributed by atoms with Crippen LogP contribution in [0.3, 0.4) is 0 Å². The van der Waals surface area contributed by atoms with Gasteiger partial charge in [-0.05, 0) is 50.2 Å². The number of ketones is 1. The van der Waals surface area contributed by atoms with Gasteiger partial charge in [-0.3, -0.25) is 24.1 Å². The number of Topliss-reactive ketones (excluding diaryl/α,β-unsaturated/α-hetero) is 1. The third-order valence-corrected chi connectivity index (χ3v) is 5.38. The number of thioether (sulfide) groups is 1. The van der Waals surface area contributed by atoms with Crippen LogP contribution in [0.2, 0.25) is 0 Å². The molecule has 0 unspecified atom stereocenters. The van der Waals surface area contributed by atoms with Gasteiger partial charge in [-0.25, -0.2) is 0 Å². The van der Waals surface area contributed by atoms with Crippen molar-refractivity contribution in [2.24, 2.45) is 0 Å². The second kappa shape index (κ2) is 8.91. The number of hydrogen-bond donors (Lipinski definition) is 1.